The van der Waals surface area contributed by atoms with Gasteiger partial charge in [0, 0.05) is 18.3 Å². The van der Waals surface area contributed by atoms with Gasteiger partial charge >= 0.3 is 6.18 Å². The first kappa shape index (κ1) is 16.0. The van der Waals surface area contributed by atoms with Gasteiger partial charge in [0.1, 0.15) is 5.82 Å². The summed E-state index contributed by atoms with van der Waals surface area (Å²) >= 11 is 5.81. The quantitative estimate of drug-likeness (QED) is 0.921. The Morgan fingerprint density at radius 2 is 1.89 bits per heavy atom. The molecule has 0 bridgehead atoms. The summed E-state index contributed by atoms with van der Waals surface area (Å²) in [6.07, 6.45) is -3.66. The van der Waals surface area contributed by atoms with Crippen LogP contribution in [0.15, 0.2) is 12.3 Å². The van der Waals surface area contributed by atoms with Gasteiger partial charge in [-0.25, -0.2) is 4.98 Å². The number of hydrogen-bond acceptors (Lipinski definition) is 3. The van der Waals surface area contributed by atoms with Crippen LogP contribution in [0.25, 0.3) is 0 Å². The number of alkyl halides is 3. The van der Waals surface area contributed by atoms with E-state index in [4.69, 9.17) is 11.6 Å². The molecule has 3 nitrogen and oxygen atoms in total. The summed E-state index contributed by atoms with van der Waals surface area (Å²) in [6.45, 7) is 4.51. The maximum Gasteiger partial charge on any atom is 0.417 e. The van der Waals surface area contributed by atoms with Crippen LogP contribution in [0, 0.1) is 0 Å². The standard InChI is InChI=1S/C12H17ClF3N3/c1-11(2,19(3)4)7-18-10-9(13)5-8(6-17-10)12(14,15)16/h5-6H,7H2,1-4H3,(H,17,18). The van der Waals surface area contributed by atoms with E-state index in [1.807, 2.05) is 32.8 Å². The number of halogens is 4. The lowest BCUT2D eigenvalue weighted by molar-refractivity contribution is -0.137. The van der Waals surface area contributed by atoms with Crippen molar-refractivity contribution in [3.8, 4) is 0 Å². The number of likely N-dealkylation sites (N-methyl/N-ethyl adjacent to an activating group) is 1. The van der Waals surface area contributed by atoms with Crippen molar-refractivity contribution in [2.24, 2.45) is 0 Å². The molecule has 0 spiro atoms. The van der Waals surface area contributed by atoms with Crippen LogP contribution in [0.2, 0.25) is 5.02 Å². The predicted molar refractivity (Wildman–Crippen MR) is 70.5 cm³/mol. The van der Waals surface area contributed by atoms with Gasteiger partial charge < -0.3 is 10.2 Å². The van der Waals surface area contributed by atoms with E-state index in [1.54, 1.807) is 0 Å². The van der Waals surface area contributed by atoms with Crippen LogP contribution in [0.4, 0.5) is 19.0 Å². The highest BCUT2D eigenvalue weighted by atomic mass is 35.5. The zero-order chi connectivity index (χ0) is 14.8. The minimum Gasteiger partial charge on any atom is -0.367 e. The summed E-state index contributed by atoms with van der Waals surface area (Å²) in [5.74, 6) is 0.254. The van der Waals surface area contributed by atoms with E-state index in [0.717, 1.165) is 12.3 Å². The highest BCUT2D eigenvalue weighted by Gasteiger charge is 2.31. The summed E-state index contributed by atoms with van der Waals surface area (Å²) in [5.41, 5.74) is -1.02. The maximum atomic E-state index is 12.5. The molecule has 1 rings (SSSR count). The molecule has 108 valence electrons. The normalized spacial score (nSPS) is 12.9. The summed E-state index contributed by atoms with van der Waals surface area (Å²) < 4.78 is 37.4. The molecule has 0 aromatic carbocycles. The first-order valence-electron chi connectivity index (χ1n) is 5.68. The summed E-state index contributed by atoms with van der Waals surface area (Å²) in [5, 5.41) is 2.92. The van der Waals surface area contributed by atoms with Gasteiger partial charge in [-0.3, -0.25) is 0 Å². The fourth-order valence-corrected chi connectivity index (χ4v) is 1.41. The summed E-state index contributed by atoms with van der Waals surface area (Å²) in [4.78, 5) is 5.72. The maximum absolute atomic E-state index is 12.5. The molecule has 1 aromatic heterocycles. The molecule has 1 heterocycles. The monoisotopic (exact) mass is 295 g/mol. The van der Waals surface area contributed by atoms with Crippen LogP contribution >= 0.6 is 11.6 Å². The van der Waals surface area contributed by atoms with Crippen molar-refractivity contribution in [1.29, 1.82) is 0 Å². The summed E-state index contributed by atoms with van der Waals surface area (Å²) in [6, 6.07) is 0.875. The van der Waals surface area contributed by atoms with Gasteiger partial charge in [-0.05, 0) is 34.0 Å². The molecule has 0 fully saturated rings. The second-order valence-corrected chi connectivity index (χ2v) is 5.52. The molecular formula is C12H17ClF3N3. The van der Waals surface area contributed by atoms with Crippen molar-refractivity contribution in [3.05, 3.63) is 22.8 Å². The zero-order valence-corrected chi connectivity index (χ0v) is 12.0. The highest BCUT2D eigenvalue weighted by molar-refractivity contribution is 6.32. The van der Waals surface area contributed by atoms with E-state index in [-0.39, 0.29) is 16.4 Å². The lowest BCUT2D eigenvalue weighted by Gasteiger charge is -2.32. The second-order valence-electron chi connectivity index (χ2n) is 5.11. The zero-order valence-electron chi connectivity index (χ0n) is 11.3. The molecule has 0 amide bonds. The van der Waals surface area contributed by atoms with E-state index >= 15 is 0 Å². The average Bonchev–Trinajstić information content (AvgIpc) is 2.25. The highest BCUT2D eigenvalue weighted by Crippen LogP contribution is 2.32. The number of nitrogens with one attached hydrogen (secondary N) is 1. The molecule has 0 atom stereocenters. The molecule has 0 aliphatic heterocycles. The van der Waals surface area contributed by atoms with E-state index in [9.17, 15) is 13.2 Å². The Morgan fingerprint density at radius 3 is 2.32 bits per heavy atom. The van der Waals surface area contributed by atoms with Crippen LogP contribution in [0.3, 0.4) is 0 Å². The third kappa shape index (κ3) is 4.24. The van der Waals surface area contributed by atoms with Gasteiger partial charge in [0.2, 0.25) is 0 Å². The van der Waals surface area contributed by atoms with Gasteiger partial charge in [0.15, 0.2) is 0 Å². The minimum absolute atomic E-state index is 0.0376. The van der Waals surface area contributed by atoms with Crippen molar-refractivity contribution >= 4 is 17.4 Å². The molecule has 7 heteroatoms. The molecule has 0 aliphatic carbocycles. The molecule has 0 aliphatic rings. The Labute approximate surface area is 115 Å². The van der Waals surface area contributed by atoms with Crippen molar-refractivity contribution in [2.75, 3.05) is 26.0 Å². The van der Waals surface area contributed by atoms with Gasteiger partial charge in [0.05, 0.1) is 10.6 Å². The van der Waals surface area contributed by atoms with Gasteiger partial charge in [-0.2, -0.15) is 13.2 Å². The topological polar surface area (TPSA) is 28.2 Å². The molecule has 1 aromatic rings. The number of hydrogen-bond donors (Lipinski definition) is 1. The van der Waals surface area contributed by atoms with Crippen LogP contribution in [-0.4, -0.2) is 36.1 Å². The van der Waals surface area contributed by atoms with Gasteiger partial charge in [-0.15, -0.1) is 0 Å². The number of rotatable bonds is 4. The Balaban J connectivity index is 2.82. The fourth-order valence-electron chi connectivity index (χ4n) is 1.18. The van der Waals surface area contributed by atoms with Crippen LogP contribution in [0.1, 0.15) is 19.4 Å². The lowest BCUT2D eigenvalue weighted by atomic mass is 10.0. The average molecular weight is 296 g/mol. The second kappa shape index (κ2) is 5.54. The largest absolute Gasteiger partial charge is 0.417 e. The van der Waals surface area contributed by atoms with Gasteiger partial charge in [0.25, 0.3) is 0 Å². The smallest absolute Gasteiger partial charge is 0.367 e. The molecule has 0 radical (unpaired) electrons. The fraction of sp³-hybridized carbons (Fsp3) is 0.583. The number of pyridine rings is 1. The third-order valence-corrected chi connectivity index (χ3v) is 3.36. The summed E-state index contributed by atoms with van der Waals surface area (Å²) in [7, 11) is 3.84. The lowest BCUT2D eigenvalue weighted by Crippen LogP contribution is -2.44. The van der Waals surface area contributed by atoms with E-state index in [1.165, 1.54) is 0 Å². The molecular weight excluding hydrogens is 279 g/mol. The Morgan fingerprint density at radius 1 is 1.32 bits per heavy atom. The predicted octanol–water partition coefficient (Wildman–Crippen LogP) is 3.51. The van der Waals surface area contributed by atoms with Crippen LogP contribution in [-0.2, 0) is 6.18 Å². The Bertz CT molecular complexity index is 444. The third-order valence-electron chi connectivity index (χ3n) is 3.07. The van der Waals surface area contributed by atoms with Gasteiger partial charge in [-0.1, -0.05) is 11.6 Å². The van der Waals surface area contributed by atoms with Crippen molar-refractivity contribution in [1.82, 2.24) is 9.88 Å². The number of nitrogens with zero attached hydrogens (tertiary/aromatic N) is 2. The first-order valence-corrected chi connectivity index (χ1v) is 6.06. The Hall–Kier alpha value is -1.01. The van der Waals surface area contributed by atoms with Crippen LogP contribution < -0.4 is 5.32 Å². The van der Waals surface area contributed by atoms with E-state index < -0.39 is 11.7 Å². The molecule has 19 heavy (non-hydrogen) atoms. The number of aromatic nitrogens is 1. The SMILES string of the molecule is CN(C)C(C)(C)CNc1ncc(C(F)(F)F)cc1Cl. The minimum atomic E-state index is -4.43. The molecule has 1 N–H and O–H groups in total. The van der Waals surface area contributed by atoms with Crippen molar-refractivity contribution in [3.63, 3.8) is 0 Å². The first-order chi connectivity index (χ1) is 8.54. The van der Waals surface area contributed by atoms with Crippen molar-refractivity contribution < 1.29 is 13.2 Å². The van der Waals surface area contributed by atoms with Crippen LogP contribution in [0.5, 0.6) is 0 Å². The molecule has 0 saturated heterocycles. The van der Waals surface area contributed by atoms with E-state index in [0.29, 0.717) is 6.54 Å². The Kier molecular flexibility index (Phi) is 4.68. The van der Waals surface area contributed by atoms with Crippen molar-refractivity contribution in [2.45, 2.75) is 25.6 Å². The molecule has 0 unspecified atom stereocenters. The van der Waals surface area contributed by atoms with E-state index in [2.05, 4.69) is 10.3 Å². The number of anilines is 1. The molecule has 0 saturated carbocycles.